The Morgan fingerprint density at radius 2 is 1.97 bits per heavy atom. The highest BCUT2D eigenvalue weighted by atomic mass is 32.2. The maximum atomic E-state index is 13.2. The van der Waals surface area contributed by atoms with E-state index in [0.717, 1.165) is 11.3 Å². The van der Waals surface area contributed by atoms with Gasteiger partial charge < -0.3 is 10.1 Å². The molecule has 1 atom stereocenters. The second kappa shape index (κ2) is 8.61. The molecule has 2 N–H and O–H groups in total. The van der Waals surface area contributed by atoms with Crippen LogP contribution < -0.4 is 15.6 Å². The number of nitrogens with one attached hydrogen (secondary N) is 2. The number of anilines is 1. The molecule has 0 radical (unpaired) electrons. The fourth-order valence-corrected chi connectivity index (χ4v) is 6.45. The molecule has 2 aromatic heterocycles. The molecule has 4 rings (SSSR count). The second-order valence-electron chi connectivity index (χ2n) is 6.92. The van der Waals surface area contributed by atoms with Crippen LogP contribution in [0.15, 0.2) is 57.5 Å². The molecule has 0 spiro atoms. The minimum Gasteiger partial charge on any atom is -0.497 e. The number of sulfonamides is 1. The third-order valence-electron chi connectivity index (χ3n) is 4.94. The number of methoxy groups -OCH3 is 1. The Balaban J connectivity index is 1.53. The fraction of sp³-hybridized carbons (Fsp3) is 0.250. The van der Waals surface area contributed by atoms with E-state index in [9.17, 15) is 18.0 Å². The molecule has 11 heteroatoms. The summed E-state index contributed by atoms with van der Waals surface area (Å²) in [7, 11) is -2.31. The van der Waals surface area contributed by atoms with E-state index < -0.39 is 16.1 Å². The summed E-state index contributed by atoms with van der Waals surface area (Å²) in [5.41, 5.74) is 0.704. The molecule has 31 heavy (non-hydrogen) atoms. The first-order valence-corrected chi connectivity index (χ1v) is 11.8. The van der Waals surface area contributed by atoms with Gasteiger partial charge in [-0.3, -0.25) is 9.59 Å². The molecule has 1 amide bonds. The van der Waals surface area contributed by atoms with Crippen LogP contribution in [0.5, 0.6) is 5.75 Å². The number of ether oxygens (including phenoxy) is 1. The summed E-state index contributed by atoms with van der Waals surface area (Å²) in [6.07, 6.45) is 1.04. The van der Waals surface area contributed by atoms with Crippen LogP contribution in [0, 0.1) is 0 Å². The highest BCUT2D eigenvalue weighted by Crippen LogP contribution is 2.34. The first kappa shape index (κ1) is 21.2. The van der Waals surface area contributed by atoms with Crippen molar-refractivity contribution in [3.63, 3.8) is 0 Å². The molecule has 3 heterocycles. The van der Waals surface area contributed by atoms with Crippen molar-refractivity contribution in [2.45, 2.75) is 23.1 Å². The van der Waals surface area contributed by atoms with Crippen LogP contribution in [0.25, 0.3) is 10.6 Å². The molecule has 3 aromatic rings. The number of hydrogen-bond acceptors (Lipinski definition) is 7. The number of benzene rings is 1. The number of H-pyrrole nitrogens is 1. The molecule has 1 aromatic carbocycles. The van der Waals surface area contributed by atoms with Crippen LogP contribution in [-0.4, -0.2) is 48.5 Å². The zero-order chi connectivity index (χ0) is 22.0. The normalized spacial score (nSPS) is 16.9. The monoisotopic (exact) mass is 460 g/mol. The van der Waals surface area contributed by atoms with Gasteiger partial charge in [0.25, 0.3) is 15.6 Å². The van der Waals surface area contributed by atoms with Crippen LogP contribution in [0.3, 0.4) is 0 Å². The summed E-state index contributed by atoms with van der Waals surface area (Å²) in [5, 5.41) is 9.05. The number of carbonyl (C=O) groups excluding carboxylic acids is 1. The Kier molecular flexibility index (Phi) is 5.90. The number of amides is 1. The lowest BCUT2D eigenvalue weighted by molar-refractivity contribution is -0.119. The molecule has 9 nitrogen and oxygen atoms in total. The fourth-order valence-electron chi connectivity index (χ4n) is 3.38. The van der Waals surface area contributed by atoms with E-state index in [1.165, 1.54) is 22.5 Å². The van der Waals surface area contributed by atoms with Gasteiger partial charge in [0.15, 0.2) is 0 Å². The van der Waals surface area contributed by atoms with Gasteiger partial charge in [-0.15, -0.1) is 11.3 Å². The molecule has 162 valence electrons. The highest BCUT2D eigenvalue weighted by Gasteiger charge is 2.40. The Bertz CT molecular complexity index is 1230. The van der Waals surface area contributed by atoms with Gasteiger partial charge in [-0.05, 0) is 55.3 Å². The van der Waals surface area contributed by atoms with Crippen LogP contribution in [0.2, 0.25) is 0 Å². The largest absolute Gasteiger partial charge is 0.497 e. The Labute approximate surface area is 182 Å². The summed E-state index contributed by atoms with van der Waals surface area (Å²) in [6, 6.07) is 12.1. The molecular weight excluding hydrogens is 440 g/mol. The molecule has 0 aliphatic carbocycles. The second-order valence-corrected chi connectivity index (χ2v) is 10.1. The standard InChI is InChI=1S/C20H20N4O5S2/c1-29-14-6-4-13(5-7-14)21-20(26)16-3-2-12-24(16)31(27,28)19-11-9-17(30-19)15-8-10-18(25)23-22-15/h4-11,16H,2-3,12H2,1H3,(H,21,26)(H,23,25). The van der Waals surface area contributed by atoms with Crippen LogP contribution in [0.1, 0.15) is 12.8 Å². The van der Waals surface area contributed by atoms with E-state index in [2.05, 4.69) is 15.5 Å². The maximum Gasteiger partial charge on any atom is 0.264 e. The number of aromatic amines is 1. The Morgan fingerprint density at radius 1 is 1.19 bits per heavy atom. The van der Waals surface area contributed by atoms with Crippen molar-refractivity contribution < 1.29 is 17.9 Å². The predicted octanol–water partition coefficient (Wildman–Crippen LogP) is 2.30. The van der Waals surface area contributed by atoms with E-state index in [1.54, 1.807) is 37.4 Å². The summed E-state index contributed by atoms with van der Waals surface area (Å²) in [5.74, 6) is 0.291. The molecule has 1 unspecified atom stereocenters. The van der Waals surface area contributed by atoms with Crippen molar-refractivity contribution in [2.24, 2.45) is 0 Å². The summed E-state index contributed by atoms with van der Waals surface area (Å²) in [4.78, 5) is 24.6. The minimum atomic E-state index is -3.86. The maximum absolute atomic E-state index is 13.2. The van der Waals surface area contributed by atoms with Crippen LogP contribution in [-0.2, 0) is 14.8 Å². The number of aromatic nitrogens is 2. The number of thiophene rings is 1. The quantitative estimate of drug-likeness (QED) is 0.582. The van der Waals surface area contributed by atoms with Gasteiger partial charge in [0.2, 0.25) is 5.91 Å². The van der Waals surface area contributed by atoms with Gasteiger partial charge in [0.05, 0.1) is 12.0 Å². The molecular formula is C20H20N4O5S2. The Hall–Kier alpha value is -3.02. The first-order valence-electron chi connectivity index (χ1n) is 9.51. The van der Waals surface area contributed by atoms with Crippen LogP contribution in [0.4, 0.5) is 5.69 Å². The SMILES string of the molecule is COc1ccc(NC(=O)C2CCCN2S(=O)(=O)c2ccc(-c3ccc(=O)[nH]n3)s2)cc1. The lowest BCUT2D eigenvalue weighted by Gasteiger charge is -2.22. The molecule has 1 saturated heterocycles. The van der Waals surface area contributed by atoms with E-state index in [4.69, 9.17) is 4.74 Å². The van der Waals surface area contributed by atoms with Gasteiger partial charge in [0.1, 0.15) is 21.7 Å². The van der Waals surface area contributed by atoms with E-state index in [0.29, 0.717) is 34.8 Å². The topological polar surface area (TPSA) is 121 Å². The lowest BCUT2D eigenvalue weighted by Crippen LogP contribution is -2.42. The molecule has 0 saturated carbocycles. The zero-order valence-corrected chi connectivity index (χ0v) is 18.2. The summed E-state index contributed by atoms with van der Waals surface area (Å²) >= 11 is 1.05. The summed E-state index contributed by atoms with van der Waals surface area (Å²) < 4.78 is 33.0. The molecule has 1 fully saturated rings. The van der Waals surface area contributed by atoms with Gasteiger partial charge in [-0.25, -0.2) is 13.5 Å². The van der Waals surface area contributed by atoms with Gasteiger partial charge in [-0.2, -0.15) is 9.40 Å². The number of carbonyl (C=O) groups is 1. The molecule has 0 bridgehead atoms. The van der Waals surface area contributed by atoms with Crippen molar-refractivity contribution in [3.05, 3.63) is 58.9 Å². The number of nitrogens with zero attached hydrogens (tertiary/aromatic N) is 2. The van der Waals surface area contributed by atoms with Crippen molar-refractivity contribution >= 4 is 33.0 Å². The third kappa shape index (κ3) is 4.38. The first-order chi connectivity index (χ1) is 14.9. The number of rotatable bonds is 6. The van der Waals surface area contributed by atoms with Gasteiger partial charge >= 0.3 is 0 Å². The van der Waals surface area contributed by atoms with Crippen LogP contribution >= 0.6 is 11.3 Å². The molecule has 1 aliphatic rings. The van der Waals surface area contributed by atoms with Crippen molar-refractivity contribution in [2.75, 3.05) is 19.0 Å². The smallest absolute Gasteiger partial charge is 0.264 e. The third-order valence-corrected chi connectivity index (χ3v) is 8.42. The van der Waals surface area contributed by atoms with E-state index >= 15 is 0 Å². The van der Waals surface area contributed by atoms with Crippen molar-refractivity contribution in [1.29, 1.82) is 0 Å². The van der Waals surface area contributed by atoms with Crippen molar-refractivity contribution in [3.8, 4) is 16.3 Å². The van der Waals surface area contributed by atoms with Gasteiger partial charge in [0, 0.05) is 18.3 Å². The number of hydrogen-bond donors (Lipinski definition) is 2. The summed E-state index contributed by atoms with van der Waals surface area (Å²) in [6.45, 7) is 0.271. The van der Waals surface area contributed by atoms with Crippen molar-refractivity contribution in [1.82, 2.24) is 14.5 Å². The Morgan fingerprint density at radius 3 is 2.65 bits per heavy atom. The van der Waals surface area contributed by atoms with Gasteiger partial charge in [-0.1, -0.05) is 0 Å². The average molecular weight is 461 g/mol. The minimum absolute atomic E-state index is 0.125. The highest BCUT2D eigenvalue weighted by molar-refractivity contribution is 7.91. The average Bonchev–Trinajstić information content (AvgIpc) is 3.46. The van der Waals surface area contributed by atoms with E-state index in [1.807, 2.05) is 0 Å². The predicted molar refractivity (Wildman–Crippen MR) is 117 cm³/mol. The molecule has 1 aliphatic heterocycles. The van der Waals surface area contributed by atoms with E-state index in [-0.39, 0.29) is 22.2 Å². The lowest BCUT2D eigenvalue weighted by atomic mass is 10.2. The zero-order valence-electron chi connectivity index (χ0n) is 16.6.